The minimum absolute atomic E-state index is 0.198. The first-order valence-corrected chi connectivity index (χ1v) is 3.77. The van der Waals surface area contributed by atoms with Crippen LogP contribution < -0.4 is 5.32 Å². The van der Waals surface area contributed by atoms with Gasteiger partial charge in [0.2, 0.25) is 0 Å². The summed E-state index contributed by atoms with van der Waals surface area (Å²) in [4.78, 5) is 2.22. The van der Waals surface area contributed by atoms with Gasteiger partial charge in [-0.2, -0.15) is 0 Å². The Morgan fingerprint density at radius 1 is 1.30 bits per heavy atom. The summed E-state index contributed by atoms with van der Waals surface area (Å²) in [6, 6.07) is 0.553. The Kier molecular flexibility index (Phi) is 3.33. The third-order valence-corrected chi connectivity index (χ3v) is 2.46. The molecule has 0 aliphatic heterocycles. The second-order valence-corrected chi connectivity index (χ2v) is 3.61. The third-order valence-electron chi connectivity index (χ3n) is 2.46. The van der Waals surface area contributed by atoms with E-state index in [2.05, 4.69) is 45.1 Å². The molecule has 0 fully saturated rings. The lowest BCUT2D eigenvalue weighted by molar-refractivity contribution is 0.192. The number of nitrogens with one attached hydrogen (secondary N) is 1. The first-order valence-electron chi connectivity index (χ1n) is 3.77. The van der Waals surface area contributed by atoms with Gasteiger partial charge in [-0.3, -0.25) is 0 Å². The first kappa shape index (κ1) is 9.92. The Morgan fingerprint density at radius 2 is 1.70 bits per heavy atom. The van der Waals surface area contributed by atoms with Crippen LogP contribution in [-0.2, 0) is 0 Å². The molecule has 1 N–H and O–H groups in total. The van der Waals surface area contributed by atoms with Crippen molar-refractivity contribution in [3.05, 3.63) is 0 Å². The fraction of sp³-hybridized carbons (Fsp3) is 1.00. The molecule has 62 valence electrons. The van der Waals surface area contributed by atoms with E-state index in [0.717, 1.165) is 0 Å². The van der Waals surface area contributed by atoms with Gasteiger partial charge in [0.25, 0.3) is 0 Å². The Balaban J connectivity index is 4.03. The normalized spacial score (nSPS) is 15.9. The van der Waals surface area contributed by atoms with Crippen LogP contribution in [0.25, 0.3) is 0 Å². The molecule has 0 aromatic rings. The second kappa shape index (κ2) is 3.35. The molecule has 2 heteroatoms. The Morgan fingerprint density at radius 3 is 1.80 bits per heavy atom. The van der Waals surface area contributed by atoms with Crippen molar-refractivity contribution in [2.45, 2.75) is 32.4 Å². The lowest BCUT2D eigenvalue weighted by atomic mass is 9.96. The summed E-state index contributed by atoms with van der Waals surface area (Å²) in [6.07, 6.45) is 0. The van der Waals surface area contributed by atoms with Gasteiger partial charge >= 0.3 is 0 Å². The van der Waals surface area contributed by atoms with Crippen LogP contribution in [0.1, 0.15) is 20.8 Å². The molecule has 1 atom stereocenters. The van der Waals surface area contributed by atoms with Crippen LogP contribution in [0, 0.1) is 0 Å². The number of hydrogen-bond acceptors (Lipinski definition) is 2. The number of likely N-dealkylation sites (N-methyl/N-ethyl adjacent to an activating group) is 2. The van der Waals surface area contributed by atoms with Gasteiger partial charge in [-0.1, -0.05) is 0 Å². The van der Waals surface area contributed by atoms with Crippen LogP contribution in [0.4, 0.5) is 0 Å². The van der Waals surface area contributed by atoms with Crippen LogP contribution in [0.3, 0.4) is 0 Å². The largest absolute Gasteiger partial charge is 0.313 e. The molecule has 1 unspecified atom stereocenters. The Bertz CT molecular complexity index is 97.4. The zero-order valence-corrected chi connectivity index (χ0v) is 8.02. The molecule has 10 heavy (non-hydrogen) atoms. The SMILES string of the molecule is CNC(C)(C)C(C)N(C)C. The van der Waals surface area contributed by atoms with Gasteiger partial charge in [0.1, 0.15) is 0 Å². The summed E-state index contributed by atoms with van der Waals surface area (Å²) in [6.45, 7) is 6.63. The first-order chi connectivity index (χ1) is 4.41. The summed E-state index contributed by atoms with van der Waals surface area (Å²) < 4.78 is 0. The van der Waals surface area contributed by atoms with Crippen molar-refractivity contribution in [1.29, 1.82) is 0 Å². The highest BCUT2D eigenvalue weighted by atomic mass is 15.1. The maximum atomic E-state index is 3.28. The maximum absolute atomic E-state index is 3.28. The summed E-state index contributed by atoms with van der Waals surface area (Å²) in [7, 11) is 6.20. The Labute approximate surface area is 64.6 Å². The highest BCUT2D eigenvalue weighted by Gasteiger charge is 2.24. The van der Waals surface area contributed by atoms with Gasteiger partial charge in [0, 0.05) is 11.6 Å². The van der Waals surface area contributed by atoms with E-state index in [1.165, 1.54) is 0 Å². The molecular weight excluding hydrogens is 124 g/mol. The topological polar surface area (TPSA) is 15.3 Å². The molecule has 0 aliphatic rings. The van der Waals surface area contributed by atoms with Gasteiger partial charge < -0.3 is 10.2 Å². The van der Waals surface area contributed by atoms with Crippen molar-refractivity contribution < 1.29 is 0 Å². The van der Waals surface area contributed by atoms with Crippen molar-refractivity contribution in [3.8, 4) is 0 Å². The van der Waals surface area contributed by atoms with Crippen molar-refractivity contribution in [1.82, 2.24) is 10.2 Å². The summed E-state index contributed by atoms with van der Waals surface area (Å²) >= 11 is 0. The highest BCUT2D eigenvalue weighted by molar-refractivity contribution is 4.86. The standard InChI is InChI=1S/C8H20N2/c1-7(10(5)6)8(2,3)9-4/h7,9H,1-6H3. The van der Waals surface area contributed by atoms with Gasteiger partial charge in [-0.15, -0.1) is 0 Å². The molecule has 0 radical (unpaired) electrons. The number of nitrogens with zero attached hydrogens (tertiary/aromatic N) is 1. The second-order valence-electron chi connectivity index (χ2n) is 3.61. The van der Waals surface area contributed by atoms with Gasteiger partial charge in [0.05, 0.1) is 0 Å². The van der Waals surface area contributed by atoms with Crippen molar-refractivity contribution in [2.75, 3.05) is 21.1 Å². The van der Waals surface area contributed by atoms with Crippen LogP contribution in [0.5, 0.6) is 0 Å². The minimum Gasteiger partial charge on any atom is -0.313 e. The maximum Gasteiger partial charge on any atom is 0.0274 e. The lowest BCUT2D eigenvalue weighted by Crippen LogP contribution is -2.52. The van der Waals surface area contributed by atoms with Crippen molar-refractivity contribution >= 4 is 0 Å². The van der Waals surface area contributed by atoms with Crippen molar-refractivity contribution in [2.24, 2.45) is 0 Å². The van der Waals surface area contributed by atoms with E-state index in [0.29, 0.717) is 6.04 Å². The molecule has 0 bridgehead atoms. The van der Waals surface area contributed by atoms with Gasteiger partial charge in [0.15, 0.2) is 0 Å². The van der Waals surface area contributed by atoms with Crippen LogP contribution in [0.2, 0.25) is 0 Å². The zero-order valence-electron chi connectivity index (χ0n) is 8.02. The smallest absolute Gasteiger partial charge is 0.0274 e. The molecule has 0 aromatic carbocycles. The zero-order chi connectivity index (χ0) is 8.36. The van der Waals surface area contributed by atoms with E-state index in [1.807, 2.05) is 7.05 Å². The van der Waals surface area contributed by atoms with Crippen LogP contribution in [-0.4, -0.2) is 37.6 Å². The fourth-order valence-corrected chi connectivity index (χ4v) is 0.854. The molecule has 0 spiro atoms. The summed E-state index contributed by atoms with van der Waals surface area (Å²) in [5, 5.41) is 3.28. The molecule has 0 rings (SSSR count). The average molecular weight is 144 g/mol. The molecular formula is C8H20N2. The van der Waals surface area contributed by atoms with E-state index in [9.17, 15) is 0 Å². The number of hydrogen-bond donors (Lipinski definition) is 1. The van der Waals surface area contributed by atoms with E-state index in [4.69, 9.17) is 0 Å². The quantitative estimate of drug-likeness (QED) is 0.634. The number of rotatable bonds is 3. The molecule has 0 amide bonds. The van der Waals surface area contributed by atoms with E-state index in [1.54, 1.807) is 0 Å². The van der Waals surface area contributed by atoms with Gasteiger partial charge in [-0.25, -0.2) is 0 Å². The summed E-state index contributed by atoms with van der Waals surface area (Å²) in [5.74, 6) is 0. The monoisotopic (exact) mass is 144 g/mol. The van der Waals surface area contributed by atoms with Crippen LogP contribution >= 0.6 is 0 Å². The van der Waals surface area contributed by atoms with E-state index < -0.39 is 0 Å². The summed E-state index contributed by atoms with van der Waals surface area (Å²) in [5.41, 5.74) is 0.198. The average Bonchev–Trinajstić information content (AvgIpc) is 1.86. The molecule has 0 aliphatic carbocycles. The lowest BCUT2D eigenvalue weighted by Gasteiger charge is -2.35. The minimum atomic E-state index is 0.198. The Hall–Kier alpha value is -0.0800. The molecule has 0 heterocycles. The predicted molar refractivity (Wildman–Crippen MR) is 46.3 cm³/mol. The van der Waals surface area contributed by atoms with E-state index in [-0.39, 0.29) is 5.54 Å². The third kappa shape index (κ3) is 2.27. The fourth-order valence-electron chi connectivity index (χ4n) is 0.854. The van der Waals surface area contributed by atoms with Crippen LogP contribution in [0.15, 0.2) is 0 Å². The predicted octanol–water partition coefficient (Wildman–Crippen LogP) is 0.934. The van der Waals surface area contributed by atoms with Gasteiger partial charge in [-0.05, 0) is 41.9 Å². The molecule has 2 nitrogen and oxygen atoms in total. The van der Waals surface area contributed by atoms with E-state index >= 15 is 0 Å². The van der Waals surface area contributed by atoms with Crippen molar-refractivity contribution in [3.63, 3.8) is 0 Å². The molecule has 0 saturated carbocycles. The molecule has 0 aromatic heterocycles. The molecule has 0 saturated heterocycles. The highest BCUT2D eigenvalue weighted by Crippen LogP contribution is 2.11.